The molecule has 0 amide bonds. The first-order valence-electron chi connectivity index (χ1n) is 11.6. The number of pyridine rings is 1. The lowest BCUT2D eigenvalue weighted by Gasteiger charge is -2.34. The van der Waals surface area contributed by atoms with E-state index in [2.05, 4.69) is 99.6 Å². The van der Waals surface area contributed by atoms with E-state index in [4.69, 9.17) is 4.98 Å². The van der Waals surface area contributed by atoms with Gasteiger partial charge in [0.2, 0.25) is 0 Å². The van der Waals surface area contributed by atoms with E-state index >= 15 is 0 Å². The van der Waals surface area contributed by atoms with Gasteiger partial charge in [0, 0.05) is 28.0 Å². The molecule has 0 bridgehead atoms. The summed E-state index contributed by atoms with van der Waals surface area (Å²) in [6, 6.07) is 20.5. The molecular formula is C29H30N2Si. The Hall–Kier alpha value is -2.91. The average Bonchev–Trinajstić information content (AvgIpc) is 3.09. The van der Waals surface area contributed by atoms with Gasteiger partial charge in [0.05, 0.1) is 11.2 Å². The monoisotopic (exact) mass is 434 g/mol. The van der Waals surface area contributed by atoms with Crippen LogP contribution in [0.25, 0.3) is 43.8 Å². The minimum atomic E-state index is -2.03. The van der Waals surface area contributed by atoms with Crippen molar-refractivity contribution in [2.45, 2.75) is 47.2 Å². The smallest absolute Gasteiger partial charge is 0.188 e. The summed E-state index contributed by atoms with van der Waals surface area (Å²) in [7, 11) is -2.03. The summed E-state index contributed by atoms with van der Waals surface area (Å²) in [5.41, 5.74) is 8.38. The predicted molar refractivity (Wildman–Crippen MR) is 141 cm³/mol. The summed E-state index contributed by atoms with van der Waals surface area (Å²) in [5.74, 6) is 0. The third kappa shape index (κ3) is 2.61. The van der Waals surface area contributed by atoms with E-state index in [1.54, 1.807) is 0 Å². The van der Waals surface area contributed by atoms with Gasteiger partial charge in [0.15, 0.2) is 8.24 Å². The molecule has 0 fully saturated rings. The fraction of sp³-hybridized carbons (Fsp3) is 0.276. The Kier molecular flexibility index (Phi) is 3.90. The van der Waals surface area contributed by atoms with Crippen LogP contribution in [0, 0.1) is 12.3 Å². The van der Waals surface area contributed by atoms with Crippen molar-refractivity contribution in [2.75, 3.05) is 0 Å². The molecule has 1 aliphatic heterocycles. The molecule has 6 rings (SSSR count). The Morgan fingerprint density at radius 3 is 2.28 bits per heavy atom. The number of nitrogens with zero attached hydrogens (tertiary/aromatic N) is 2. The second-order valence-corrected chi connectivity index (χ2v) is 15.3. The normalized spacial score (nSPS) is 14.9. The van der Waals surface area contributed by atoms with Crippen LogP contribution >= 0.6 is 0 Å². The summed E-state index contributed by atoms with van der Waals surface area (Å²) in [4.78, 5) is 4.96. The molecule has 0 atom stereocenters. The number of rotatable bonds is 1. The molecule has 0 radical (unpaired) electrons. The standard InChI is InChI=1S/C29H30N2Si/c1-18-21(17-29(2,3)4)11-12-22-23-13-14-30-26-24-15-19-9-7-8-10-20(19)16-25(24)32(5,6)31(27(18)22)28(23)26/h7-16H,17H2,1-6H3. The predicted octanol–water partition coefficient (Wildman–Crippen LogP) is 7.18. The molecule has 1 aliphatic rings. The zero-order valence-corrected chi connectivity index (χ0v) is 20.9. The van der Waals surface area contributed by atoms with Crippen molar-refractivity contribution < 1.29 is 0 Å². The second-order valence-electron chi connectivity index (χ2n) is 11.2. The Labute approximate surface area is 191 Å². The van der Waals surface area contributed by atoms with E-state index in [0.29, 0.717) is 0 Å². The summed E-state index contributed by atoms with van der Waals surface area (Å²) in [6.07, 6.45) is 3.09. The van der Waals surface area contributed by atoms with Gasteiger partial charge < -0.3 is 4.23 Å². The number of hydrogen-bond donors (Lipinski definition) is 0. The van der Waals surface area contributed by atoms with Crippen LogP contribution in [0.15, 0.2) is 60.8 Å². The fourth-order valence-corrected chi connectivity index (χ4v) is 9.07. The van der Waals surface area contributed by atoms with Crippen molar-refractivity contribution in [2.24, 2.45) is 5.41 Å². The summed E-state index contributed by atoms with van der Waals surface area (Å²) in [6.45, 7) is 14.3. The van der Waals surface area contributed by atoms with Gasteiger partial charge in [-0.25, -0.2) is 0 Å². The highest BCUT2D eigenvalue weighted by Gasteiger charge is 2.38. The molecule has 0 saturated carbocycles. The molecule has 2 nitrogen and oxygen atoms in total. The van der Waals surface area contributed by atoms with Crippen molar-refractivity contribution in [1.29, 1.82) is 0 Å². The molecule has 32 heavy (non-hydrogen) atoms. The minimum absolute atomic E-state index is 0.261. The Balaban J connectivity index is 1.78. The second kappa shape index (κ2) is 6.32. The molecule has 3 aromatic carbocycles. The molecule has 0 aliphatic carbocycles. The first-order valence-corrected chi connectivity index (χ1v) is 14.6. The molecule has 3 heterocycles. The molecule has 0 saturated heterocycles. The lowest BCUT2D eigenvalue weighted by molar-refractivity contribution is 0.410. The zero-order valence-electron chi connectivity index (χ0n) is 19.9. The molecule has 3 heteroatoms. The highest BCUT2D eigenvalue weighted by Crippen LogP contribution is 2.43. The molecule has 5 aromatic rings. The van der Waals surface area contributed by atoms with E-state index in [0.717, 1.165) is 12.1 Å². The quantitative estimate of drug-likeness (QED) is 0.255. The van der Waals surface area contributed by atoms with Gasteiger partial charge in [-0.1, -0.05) is 63.2 Å². The van der Waals surface area contributed by atoms with Crippen molar-refractivity contribution in [3.63, 3.8) is 0 Å². The van der Waals surface area contributed by atoms with Crippen LogP contribution in [0.5, 0.6) is 0 Å². The van der Waals surface area contributed by atoms with Crippen LogP contribution in [-0.2, 0) is 6.42 Å². The Morgan fingerprint density at radius 1 is 0.875 bits per heavy atom. The van der Waals surface area contributed by atoms with Gasteiger partial charge in [-0.15, -0.1) is 0 Å². The molecule has 0 N–H and O–H groups in total. The van der Waals surface area contributed by atoms with Gasteiger partial charge in [-0.05, 0) is 71.1 Å². The molecule has 0 unspecified atom stereocenters. The maximum Gasteiger partial charge on any atom is 0.188 e. The molecule has 0 spiro atoms. The maximum atomic E-state index is 4.96. The third-order valence-corrected chi connectivity index (χ3v) is 10.6. The highest BCUT2D eigenvalue weighted by molar-refractivity contribution is 6.91. The van der Waals surface area contributed by atoms with E-state index in [9.17, 15) is 0 Å². The van der Waals surface area contributed by atoms with Crippen LogP contribution in [-0.4, -0.2) is 17.5 Å². The van der Waals surface area contributed by atoms with E-state index in [1.165, 1.54) is 54.5 Å². The van der Waals surface area contributed by atoms with E-state index < -0.39 is 8.24 Å². The van der Waals surface area contributed by atoms with Gasteiger partial charge in [-0.3, -0.25) is 4.98 Å². The Morgan fingerprint density at radius 2 is 1.56 bits per heavy atom. The Bertz CT molecular complexity index is 1560. The van der Waals surface area contributed by atoms with Gasteiger partial charge in [0.1, 0.15) is 0 Å². The number of aryl methyl sites for hydroxylation is 1. The van der Waals surface area contributed by atoms with Gasteiger partial charge in [0.25, 0.3) is 0 Å². The zero-order chi connectivity index (χ0) is 22.4. The minimum Gasteiger partial charge on any atom is -0.362 e. The van der Waals surface area contributed by atoms with Crippen LogP contribution in [0.3, 0.4) is 0 Å². The van der Waals surface area contributed by atoms with Crippen LogP contribution in [0.2, 0.25) is 13.1 Å². The summed E-state index contributed by atoms with van der Waals surface area (Å²) in [5, 5.41) is 6.82. The van der Waals surface area contributed by atoms with Crippen molar-refractivity contribution >= 4 is 46.0 Å². The number of aromatic nitrogens is 2. The van der Waals surface area contributed by atoms with Crippen molar-refractivity contribution in [3.8, 4) is 11.3 Å². The first-order chi connectivity index (χ1) is 15.2. The number of hydrogen-bond acceptors (Lipinski definition) is 1. The van der Waals surface area contributed by atoms with Crippen LogP contribution in [0.1, 0.15) is 31.9 Å². The van der Waals surface area contributed by atoms with Crippen molar-refractivity contribution in [3.05, 3.63) is 71.9 Å². The number of fused-ring (bicyclic) bond motifs is 6. The first kappa shape index (κ1) is 19.7. The number of benzene rings is 3. The fourth-order valence-electron chi connectivity index (χ4n) is 5.84. The maximum absolute atomic E-state index is 4.96. The van der Waals surface area contributed by atoms with Crippen LogP contribution in [0.4, 0.5) is 0 Å². The lowest BCUT2D eigenvalue weighted by Crippen LogP contribution is -2.52. The summed E-state index contributed by atoms with van der Waals surface area (Å²) < 4.78 is 2.72. The van der Waals surface area contributed by atoms with E-state index in [-0.39, 0.29) is 5.41 Å². The van der Waals surface area contributed by atoms with Crippen LogP contribution < -0.4 is 5.19 Å². The lowest BCUT2D eigenvalue weighted by atomic mass is 9.86. The third-order valence-electron chi connectivity index (χ3n) is 7.28. The molecule has 160 valence electrons. The summed E-state index contributed by atoms with van der Waals surface area (Å²) >= 11 is 0. The highest BCUT2D eigenvalue weighted by atomic mass is 28.3. The topological polar surface area (TPSA) is 17.8 Å². The SMILES string of the molecule is Cc1c(CC(C)(C)C)ccc2c3ccnc4c3n(c12)[Si](C)(C)c1cc2ccccc2cc1-4. The molecular weight excluding hydrogens is 404 g/mol. The van der Waals surface area contributed by atoms with E-state index in [1.807, 2.05) is 6.20 Å². The average molecular weight is 435 g/mol. The van der Waals surface area contributed by atoms with Gasteiger partial charge >= 0.3 is 0 Å². The van der Waals surface area contributed by atoms with Gasteiger partial charge in [-0.2, -0.15) is 0 Å². The molecule has 2 aromatic heterocycles. The largest absolute Gasteiger partial charge is 0.362 e. The van der Waals surface area contributed by atoms with Crippen molar-refractivity contribution in [1.82, 2.24) is 9.22 Å².